The average Bonchev–Trinajstić information content (AvgIpc) is 3.36. The number of anilines is 1. The molecule has 1 saturated heterocycles. The van der Waals surface area contributed by atoms with Crippen molar-refractivity contribution >= 4 is 23.4 Å². The van der Waals surface area contributed by atoms with Gasteiger partial charge in [-0.05, 0) is 43.5 Å². The SMILES string of the molecule is Cc1cccc(C(=O)N2CCCC2)c1NC(=O)CN(C)C(=O)c1ccco1. The molecule has 0 bridgehead atoms. The van der Waals surface area contributed by atoms with E-state index in [1.54, 1.807) is 29.2 Å². The maximum absolute atomic E-state index is 12.8. The molecule has 0 unspecified atom stereocenters. The van der Waals surface area contributed by atoms with Crippen LogP contribution in [0.25, 0.3) is 0 Å². The molecule has 1 aromatic carbocycles. The number of nitrogens with one attached hydrogen (secondary N) is 1. The Kier molecular flexibility index (Phi) is 5.59. The average molecular weight is 369 g/mol. The number of para-hydroxylation sites is 1. The summed E-state index contributed by atoms with van der Waals surface area (Å²) in [6.45, 7) is 3.17. The second-order valence-corrected chi connectivity index (χ2v) is 6.68. The van der Waals surface area contributed by atoms with E-state index in [0.29, 0.717) is 11.3 Å². The largest absolute Gasteiger partial charge is 0.459 e. The van der Waals surface area contributed by atoms with Crippen LogP contribution in [0.5, 0.6) is 0 Å². The van der Waals surface area contributed by atoms with Gasteiger partial charge in [0, 0.05) is 20.1 Å². The van der Waals surface area contributed by atoms with E-state index in [9.17, 15) is 14.4 Å². The van der Waals surface area contributed by atoms with E-state index < -0.39 is 0 Å². The van der Waals surface area contributed by atoms with Crippen LogP contribution in [0.15, 0.2) is 41.0 Å². The molecule has 7 nitrogen and oxygen atoms in total. The van der Waals surface area contributed by atoms with Crippen LogP contribution in [-0.4, -0.2) is 54.2 Å². The number of benzene rings is 1. The van der Waals surface area contributed by atoms with Gasteiger partial charge in [-0.1, -0.05) is 12.1 Å². The number of carbonyl (C=O) groups is 3. The van der Waals surface area contributed by atoms with Gasteiger partial charge in [0.25, 0.3) is 11.8 Å². The molecule has 7 heteroatoms. The van der Waals surface area contributed by atoms with E-state index in [1.807, 2.05) is 13.0 Å². The zero-order valence-corrected chi connectivity index (χ0v) is 15.5. The van der Waals surface area contributed by atoms with Crippen molar-refractivity contribution in [3.8, 4) is 0 Å². The number of aryl methyl sites for hydroxylation is 1. The van der Waals surface area contributed by atoms with Crippen LogP contribution in [0.3, 0.4) is 0 Å². The molecule has 1 fully saturated rings. The second-order valence-electron chi connectivity index (χ2n) is 6.68. The molecule has 2 aromatic rings. The van der Waals surface area contributed by atoms with Crippen molar-refractivity contribution < 1.29 is 18.8 Å². The van der Waals surface area contributed by atoms with Gasteiger partial charge >= 0.3 is 0 Å². The Morgan fingerprint density at radius 3 is 2.56 bits per heavy atom. The number of nitrogens with zero attached hydrogens (tertiary/aromatic N) is 2. The number of hydrogen-bond donors (Lipinski definition) is 1. The van der Waals surface area contributed by atoms with Crippen LogP contribution < -0.4 is 5.32 Å². The maximum Gasteiger partial charge on any atom is 0.289 e. The van der Waals surface area contributed by atoms with Crippen LogP contribution in [0.1, 0.15) is 39.3 Å². The van der Waals surface area contributed by atoms with Crippen molar-refractivity contribution in [3.05, 3.63) is 53.5 Å². The summed E-state index contributed by atoms with van der Waals surface area (Å²) in [4.78, 5) is 40.5. The summed E-state index contributed by atoms with van der Waals surface area (Å²) in [5.74, 6) is -0.659. The first-order chi connectivity index (χ1) is 13.0. The molecule has 1 N–H and O–H groups in total. The highest BCUT2D eigenvalue weighted by Crippen LogP contribution is 2.24. The van der Waals surface area contributed by atoms with Crippen molar-refractivity contribution in [2.24, 2.45) is 0 Å². The Morgan fingerprint density at radius 1 is 1.15 bits per heavy atom. The smallest absolute Gasteiger partial charge is 0.289 e. The van der Waals surface area contributed by atoms with Gasteiger partial charge in [-0.2, -0.15) is 0 Å². The van der Waals surface area contributed by atoms with Gasteiger partial charge in [-0.15, -0.1) is 0 Å². The molecular weight excluding hydrogens is 346 g/mol. The summed E-state index contributed by atoms with van der Waals surface area (Å²) in [6, 6.07) is 8.53. The number of hydrogen-bond acceptors (Lipinski definition) is 4. The van der Waals surface area contributed by atoms with Crippen molar-refractivity contribution in [3.63, 3.8) is 0 Å². The monoisotopic (exact) mass is 369 g/mol. The van der Waals surface area contributed by atoms with Crippen LogP contribution in [0, 0.1) is 6.92 Å². The highest BCUT2D eigenvalue weighted by molar-refractivity contribution is 6.05. The number of likely N-dealkylation sites (N-methyl/N-ethyl adjacent to an activating group) is 1. The zero-order valence-electron chi connectivity index (χ0n) is 15.5. The molecule has 3 rings (SSSR count). The first-order valence-electron chi connectivity index (χ1n) is 8.95. The number of amides is 3. The van der Waals surface area contributed by atoms with Crippen LogP contribution in [0.4, 0.5) is 5.69 Å². The Bertz CT molecular complexity index is 839. The summed E-state index contributed by atoms with van der Waals surface area (Å²) in [6.07, 6.45) is 3.41. The molecule has 0 radical (unpaired) electrons. The molecule has 1 aromatic heterocycles. The minimum atomic E-state index is -0.381. The normalized spacial score (nSPS) is 13.5. The molecule has 2 heterocycles. The molecule has 0 saturated carbocycles. The predicted octanol–water partition coefficient (Wildman–Crippen LogP) is 2.53. The molecular formula is C20H23N3O4. The fourth-order valence-electron chi connectivity index (χ4n) is 3.16. The van der Waals surface area contributed by atoms with Crippen LogP contribution in [-0.2, 0) is 4.79 Å². The zero-order chi connectivity index (χ0) is 19.4. The Hall–Kier alpha value is -3.09. The van der Waals surface area contributed by atoms with E-state index in [-0.39, 0.29) is 30.0 Å². The minimum Gasteiger partial charge on any atom is -0.459 e. The fourth-order valence-corrected chi connectivity index (χ4v) is 3.16. The van der Waals surface area contributed by atoms with E-state index in [0.717, 1.165) is 31.5 Å². The molecule has 0 atom stereocenters. The number of furan rings is 1. The molecule has 0 spiro atoms. The highest BCUT2D eigenvalue weighted by atomic mass is 16.3. The molecule has 1 aliphatic heterocycles. The quantitative estimate of drug-likeness (QED) is 0.878. The van der Waals surface area contributed by atoms with Gasteiger partial charge < -0.3 is 19.5 Å². The molecule has 1 aliphatic rings. The van der Waals surface area contributed by atoms with Gasteiger partial charge in [0.2, 0.25) is 5.91 Å². The van der Waals surface area contributed by atoms with Crippen molar-refractivity contribution in [2.75, 3.05) is 32.0 Å². The lowest BCUT2D eigenvalue weighted by molar-refractivity contribution is -0.116. The summed E-state index contributed by atoms with van der Waals surface area (Å²) in [5.41, 5.74) is 1.77. The third kappa shape index (κ3) is 4.19. The topological polar surface area (TPSA) is 82.9 Å². The van der Waals surface area contributed by atoms with E-state index >= 15 is 0 Å². The Morgan fingerprint density at radius 2 is 1.89 bits per heavy atom. The van der Waals surface area contributed by atoms with E-state index in [4.69, 9.17) is 4.42 Å². The predicted molar refractivity (Wildman–Crippen MR) is 101 cm³/mol. The summed E-state index contributed by atoms with van der Waals surface area (Å²) in [7, 11) is 1.53. The van der Waals surface area contributed by atoms with E-state index in [2.05, 4.69) is 5.32 Å². The highest BCUT2D eigenvalue weighted by Gasteiger charge is 2.24. The molecule has 3 amide bonds. The molecule has 0 aliphatic carbocycles. The van der Waals surface area contributed by atoms with Gasteiger partial charge in [-0.25, -0.2) is 0 Å². The second kappa shape index (κ2) is 8.07. The lowest BCUT2D eigenvalue weighted by Crippen LogP contribution is -2.35. The van der Waals surface area contributed by atoms with E-state index in [1.165, 1.54) is 18.2 Å². The Balaban J connectivity index is 1.72. The molecule has 142 valence electrons. The van der Waals surface area contributed by atoms with Crippen LogP contribution >= 0.6 is 0 Å². The first-order valence-corrected chi connectivity index (χ1v) is 8.95. The number of carbonyl (C=O) groups excluding carboxylic acids is 3. The van der Waals surface area contributed by atoms with Crippen molar-refractivity contribution in [2.45, 2.75) is 19.8 Å². The lowest BCUT2D eigenvalue weighted by Gasteiger charge is -2.20. The fraction of sp³-hybridized carbons (Fsp3) is 0.350. The summed E-state index contributed by atoms with van der Waals surface area (Å²) in [5, 5.41) is 2.80. The minimum absolute atomic E-state index is 0.0773. The third-order valence-electron chi connectivity index (χ3n) is 4.62. The number of rotatable bonds is 5. The van der Waals surface area contributed by atoms with Gasteiger partial charge in [0.1, 0.15) is 0 Å². The van der Waals surface area contributed by atoms with Crippen molar-refractivity contribution in [1.82, 2.24) is 9.80 Å². The molecule has 27 heavy (non-hydrogen) atoms. The standard InChI is InChI=1S/C20H23N3O4/c1-14-7-5-8-15(19(25)23-10-3-4-11-23)18(14)21-17(24)13-22(2)20(26)16-9-6-12-27-16/h5-9,12H,3-4,10-11,13H2,1-2H3,(H,21,24). The first kappa shape index (κ1) is 18.7. The van der Waals surface area contributed by atoms with Gasteiger partial charge in [0.05, 0.1) is 24.1 Å². The lowest BCUT2D eigenvalue weighted by atomic mass is 10.1. The van der Waals surface area contributed by atoms with Crippen LogP contribution in [0.2, 0.25) is 0 Å². The summed E-state index contributed by atoms with van der Waals surface area (Å²) < 4.78 is 5.07. The summed E-state index contributed by atoms with van der Waals surface area (Å²) >= 11 is 0. The third-order valence-corrected chi connectivity index (χ3v) is 4.62. The van der Waals surface area contributed by atoms with Crippen molar-refractivity contribution in [1.29, 1.82) is 0 Å². The maximum atomic E-state index is 12.8. The Labute approximate surface area is 157 Å². The van der Waals surface area contributed by atoms with Gasteiger partial charge in [-0.3, -0.25) is 14.4 Å². The number of likely N-dealkylation sites (tertiary alicyclic amines) is 1. The van der Waals surface area contributed by atoms with Gasteiger partial charge in [0.15, 0.2) is 5.76 Å².